The van der Waals surface area contributed by atoms with Crippen LogP contribution in [0.5, 0.6) is 0 Å². The molecule has 20 heavy (non-hydrogen) atoms. The van der Waals surface area contributed by atoms with Crippen molar-refractivity contribution in [2.75, 3.05) is 13.1 Å². The normalized spacial score (nSPS) is 23.8. The minimum absolute atomic E-state index is 0.203. The zero-order chi connectivity index (χ0) is 14.9. The van der Waals surface area contributed by atoms with Crippen LogP contribution in [0, 0.1) is 20.8 Å². The van der Waals surface area contributed by atoms with Gasteiger partial charge in [0, 0.05) is 13.1 Å². The molecule has 1 saturated heterocycles. The molecule has 110 valence electrons. The summed E-state index contributed by atoms with van der Waals surface area (Å²) in [5.74, 6) is -1.11. The monoisotopic (exact) mass is 277 g/mol. The van der Waals surface area contributed by atoms with Crippen LogP contribution in [0.4, 0.5) is 0 Å². The summed E-state index contributed by atoms with van der Waals surface area (Å²) >= 11 is 0. The molecule has 0 saturated carbocycles. The first kappa shape index (κ1) is 15.0. The lowest BCUT2D eigenvalue weighted by Crippen LogP contribution is -2.52. The fraction of sp³-hybridized carbons (Fsp3) is 0.562. The highest BCUT2D eigenvalue weighted by atomic mass is 16.4. The van der Waals surface area contributed by atoms with E-state index >= 15 is 0 Å². The molecule has 1 atom stereocenters. The zero-order valence-electron chi connectivity index (χ0n) is 12.4. The highest BCUT2D eigenvalue weighted by Gasteiger charge is 2.40. The molecule has 0 radical (unpaired) electrons. The molecule has 1 aliphatic heterocycles. The number of hydrogen-bond acceptors (Lipinski definition) is 3. The van der Waals surface area contributed by atoms with Crippen LogP contribution in [0.25, 0.3) is 0 Å². The Morgan fingerprint density at radius 1 is 1.30 bits per heavy atom. The first-order chi connectivity index (χ1) is 9.32. The predicted molar refractivity (Wildman–Crippen MR) is 77.7 cm³/mol. The van der Waals surface area contributed by atoms with Crippen molar-refractivity contribution in [3.8, 4) is 0 Å². The maximum Gasteiger partial charge on any atom is 0.337 e. The van der Waals surface area contributed by atoms with E-state index in [2.05, 4.69) is 32.9 Å². The van der Waals surface area contributed by atoms with Crippen LogP contribution < -0.4 is 0 Å². The van der Waals surface area contributed by atoms with Crippen molar-refractivity contribution in [2.45, 2.75) is 45.8 Å². The molecular formula is C16H23NO3. The number of hydrogen-bond donors (Lipinski definition) is 2. The third-order valence-corrected chi connectivity index (χ3v) is 4.17. The molecule has 1 fully saturated rings. The largest absolute Gasteiger partial charge is 0.479 e. The van der Waals surface area contributed by atoms with Crippen LogP contribution in [0.15, 0.2) is 12.1 Å². The maximum absolute atomic E-state index is 11.2. The fourth-order valence-electron chi connectivity index (χ4n) is 3.12. The second-order valence-electron chi connectivity index (χ2n) is 6.03. The summed E-state index contributed by atoms with van der Waals surface area (Å²) in [6, 6.07) is 4.30. The Morgan fingerprint density at radius 3 is 2.45 bits per heavy atom. The first-order valence-corrected chi connectivity index (χ1v) is 7.07. The lowest BCUT2D eigenvalue weighted by Gasteiger charge is -2.36. The van der Waals surface area contributed by atoms with Crippen LogP contribution in [0.1, 0.15) is 35.1 Å². The Kier molecular flexibility index (Phi) is 4.16. The summed E-state index contributed by atoms with van der Waals surface area (Å²) in [5.41, 5.74) is 3.35. The van der Waals surface area contributed by atoms with Gasteiger partial charge in [-0.1, -0.05) is 17.7 Å². The number of aliphatic carboxylic acids is 1. The highest BCUT2D eigenvalue weighted by Crippen LogP contribution is 2.25. The summed E-state index contributed by atoms with van der Waals surface area (Å²) < 4.78 is 0. The van der Waals surface area contributed by atoms with Crippen LogP contribution in [0.3, 0.4) is 0 Å². The molecule has 1 aromatic carbocycles. The molecular weight excluding hydrogens is 254 g/mol. The number of aliphatic hydroxyl groups is 1. The Morgan fingerprint density at radius 2 is 1.90 bits per heavy atom. The summed E-state index contributed by atoms with van der Waals surface area (Å²) in [4.78, 5) is 13.2. The number of likely N-dealkylation sites (tertiary alicyclic amines) is 1. The average Bonchev–Trinajstić information content (AvgIpc) is 2.34. The Labute approximate surface area is 120 Å². The van der Waals surface area contributed by atoms with Gasteiger partial charge in [0.1, 0.15) is 0 Å². The van der Waals surface area contributed by atoms with Crippen molar-refractivity contribution in [3.63, 3.8) is 0 Å². The van der Waals surface area contributed by atoms with Gasteiger partial charge in [-0.3, -0.25) is 4.90 Å². The third-order valence-electron chi connectivity index (χ3n) is 4.17. The molecule has 2 rings (SSSR count). The lowest BCUT2D eigenvalue weighted by molar-refractivity contribution is -0.164. The molecule has 1 unspecified atom stereocenters. The van der Waals surface area contributed by atoms with Gasteiger partial charge in [0.05, 0.1) is 0 Å². The van der Waals surface area contributed by atoms with E-state index in [0.29, 0.717) is 19.4 Å². The number of piperidine rings is 1. The van der Waals surface area contributed by atoms with E-state index < -0.39 is 11.6 Å². The van der Waals surface area contributed by atoms with Crippen molar-refractivity contribution >= 4 is 5.97 Å². The van der Waals surface area contributed by atoms with Gasteiger partial charge in [-0.15, -0.1) is 0 Å². The molecule has 1 aliphatic rings. The van der Waals surface area contributed by atoms with Gasteiger partial charge < -0.3 is 10.2 Å². The van der Waals surface area contributed by atoms with Gasteiger partial charge in [-0.05, 0) is 56.8 Å². The maximum atomic E-state index is 11.2. The van der Waals surface area contributed by atoms with E-state index in [1.807, 2.05) is 4.90 Å². The summed E-state index contributed by atoms with van der Waals surface area (Å²) in [7, 11) is 0. The molecule has 0 aliphatic carbocycles. The van der Waals surface area contributed by atoms with Crippen molar-refractivity contribution in [1.29, 1.82) is 0 Å². The smallest absolute Gasteiger partial charge is 0.337 e. The second-order valence-corrected chi connectivity index (χ2v) is 6.03. The van der Waals surface area contributed by atoms with Gasteiger partial charge in [0.2, 0.25) is 0 Å². The molecule has 1 heterocycles. The van der Waals surface area contributed by atoms with E-state index in [-0.39, 0.29) is 6.54 Å². The molecule has 1 aromatic rings. The van der Waals surface area contributed by atoms with E-state index in [4.69, 9.17) is 5.11 Å². The Balaban J connectivity index is 2.16. The Hall–Kier alpha value is -1.39. The molecule has 2 N–H and O–H groups in total. The number of aryl methyl sites for hydroxylation is 3. The summed E-state index contributed by atoms with van der Waals surface area (Å²) in [6.07, 6.45) is 1.05. The van der Waals surface area contributed by atoms with E-state index in [9.17, 15) is 9.90 Å². The van der Waals surface area contributed by atoms with Gasteiger partial charge in [-0.2, -0.15) is 0 Å². The molecule has 0 spiro atoms. The van der Waals surface area contributed by atoms with Crippen LogP contribution in [-0.2, 0) is 11.3 Å². The first-order valence-electron chi connectivity index (χ1n) is 7.07. The average molecular weight is 277 g/mol. The quantitative estimate of drug-likeness (QED) is 0.887. The second kappa shape index (κ2) is 5.54. The van der Waals surface area contributed by atoms with Crippen LogP contribution in [0.2, 0.25) is 0 Å². The van der Waals surface area contributed by atoms with Crippen molar-refractivity contribution in [3.05, 3.63) is 34.4 Å². The van der Waals surface area contributed by atoms with Gasteiger partial charge in [-0.25, -0.2) is 4.79 Å². The number of carboxylic acids is 1. The van der Waals surface area contributed by atoms with Gasteiger partial charge >= 0.3 is 5.97 Å². The number of benzene rings is 1. The minimum atomic E-state index is -1.59. The molecule has 4 nitrogen and oxygen atoms in total. The molecule has 0 aromatic heterocycles. The summed E-state index contributed by atoms with van der Waals surface area (Å²) in [6.45, 7) is 7.99. The molecule has 0 amide bonds. The standard InChI is InChI=1S/C16H23NO3/c1-11-7-12(2)14(13(3)8-11)9-17-6-4-5-16(20,10-17)15(18)19/h7-8,20H,4-6,9-10H2,1-3H3,(H,18,19). The topological polar surface area (TPSA) is 60.8 Å². The number of nitrogens with zero attached hydrogens (tertiary/aromatic N) is 1. The van der Waals surface area contributed by atoms with Gasteiger partial charge in [0.25, 0.3) is 0 Å². The number of carboxylic acid groups (broad SMARTS) is 1. The number of carbonyl (C=O) groups is 1. The number of rotatable bonds is 3. The SMILES string of the molecule is Cc1cc(C)c(CN2CCCC(O)(C(=O)O)C2)c(C)c1. The van der Waals surface area contributed by atoms with E-state index in [1.54, 1.807) is 0 Å². The van der Waals surface area contributed by atoms with Crippen molar-refractivity contribution in [2.24, 2.45) is 0 Å². The van der Waals surface area contributed by atoms with Crippen LogP contribution in [-0.4, -0.2) is 39.8 Å². The van der Waals surface area contributed by atoms with Crippen molar-refractivity contribution in [1.82, 2.24) is 4.90 Å². The minimum Gasteiger partial charge on any atom is -0.479 e. The zero-order valence-corrected chi connectivity index (χ0v) is 12.4. The Bertz CT molecular complexity index is 503. The number of β-amino-alcohol motifs (C(OH)–C–C–N with tert-alkyl or cyclic N) is 1. The van der Waals surface area contributed by atoms with Crippen molar-refractivity contribution < 1.29 is 15.0 Å². The highest BCUT2D eigenvalue weighted by molar-refractivity contribution is 5.77. The van der Waals surface area contributed by atoms with Gasteiger partial charge in [0.15, 0.2) is 5.60 Å². The van der Waals surface area contributed by atoms with E-state index in [0.717, 1.165) is 6.54 Å². The lowest BCUT2D eigenvalue weighted by atomic mass is 9.92. The van der Waals surface area contributed by atoms with E-state index in [1.165, 1.54) is 22.3 Å². The predicted octanol–water partition coefficient (Wildman–Crippen LogP) is 2.02. The summed E-state index contributed by atoms with van der Waals surface area (Å²) in [5, 5.41) is 19.3. The third kappa shape index (κ3) is 3.02. The molecule has 0 bridgehead atoms. The fourth-order valence-corrected chi connectivity index (χ4v) is 3.12. The van der Waals surface area contributed by atoms with Crippen LogP contribution >= 0.6 is 0 Å². The molecule has 4 heteroatoms.